The van der Waals surface area contributed by atoms with Crippen molar-refractivity contribution in [3.8, 4) is 0 Å². The molecule has 0 fully saturated rings. The van der Waals surface area contributed by atoms with E-state index in [4.69, 9.17) is 5.73 Å². The number of hydrogen-bond donors (Lipinski definition) is 1. The normalized spacial score (nSPS) is 14.1. The third kappa shape index (κ3) is 7.03. The Kier molecular flexibility index (Phi) is 7.29. The third-order valence-electron chi connectivity index (χ3n) is 2.63. The van der Waals surface area contributed by atoms with Crippen LogP contribution in [0.3, 0.4) is 0 Å². The number of rotatable bonds is 7. The molecule has 0 aromatic carbocycles. The van der Waals surface area contributed by atoms with E-state index in [1.54, 1.807) is 0 Å². The van der Waals surface area contributed by atoms with Crippen molar-refractivity contribution >= 4 is 0 Å². The molecule has 0 spiro atoms. The first-order valence-electron chi connectivity index (χ1n) is 5.48. The average Bonchev–Trinajstić information content (AvgIpc) is 2.10. The summed E-state index contributed by atoms with van der Waals surface area (Å²) in [6.45, 7) is 8.81. The molecule has 0 saturated heterocycles. The van der Waals surface area contributed by atoms with Gasteiger partial charge in [-0.2, -0.15) is 0 Å². The van der Waals surface area contributed by atoms with E-state index in [9.17, 15) is 0 Å². The second-order valence-electron chi connectivity index (χ2n) is 4.44. The lowest BCUT2D eigenvalue weighted by Gasteiger charge is -2.25. The molecule has 0 rings (SSSR count). The van der Waals surface area contributed by atoms with Gasteiger partial charge in [-0.25, -0.2) is 0 Å². The number of nitrogens with two attached hydrogens (primary N) is 1. The van der Waals surface area contributed by atoms with Gasteiger partial charge >= 0.3 is 0 Å². The molecule has 0 bridgehead atoms. The molecule has 1 atom stereocenters. The second kappa shape index (κ2) is 7.34. The highest BCUT2D eigenvalue weighted by molar-refractivity contribution is 4.64. The van der Waals surface area contributed by atoms with E-state index >= 15 is 0 Å². The Morgan fingerprint density at radius 1 is 1.15 bits per heavy atom. The predicted molar refractivity (Wildman–Crippen MR) is 59.8 cm³/mol. The van der Waals surface area contributed by atoms with E-state index in [1.165, 1.54) is 12.8 Å². The van der Waals surface area contributed by atoms with Crippen molar-refractivity contribution in [2.45, 2.75) is 46.1 Å². The minimum absolute atomic E-state index is 0.703. The maximum atomic E-state index is 5.47. The van der Waals surface area contributed by atoms with Gasteiger partial charge in [0.15, 0.2) is 0 Å². The summed E-state index contributed by atoms with van der Waals surface area (Å²) in [6, 6.07) is 0.703. The van der Waals surface area contributed by atoms with Gasteiger partial charge in [-0.15, -0.1) is 0 Å². The van der Waals surface area contributed by atoms with Gasteiger partial charge in [-0.1, -0.05) is 13.8 Å². The third-order valence-corrected chi connectivity index (χ3v) is 2.63. The Bertz CT molecular complexity index is 113. The van der Waals surface area contributed by atoms with Crippen molar-refractivity contribution < 1.29 is 0 Å². The minimum atomic E-state index is 0.703. The topological polar surface area (TPSA) is 29.3 Å². The molecule has 0 aromatic rings. The summed E-state index contributed by atoms with van der Waals surface area (Å²) in [6.07, 6.45) is 3.75. The van der Waals surface area contributed by atoms with Crippen LogP contribution >= 0.6 is 0 Å². The summed E-state index contributed by atoms with van der Waals surface area (Å²) >= 11 is 0. The number of nitrogens with zero attached hydrogens (tertiary/aromatic N) is 1. The summed E-state index contributed by atoms with van der Waals surface area (Å²) in [5, 5.41) is 0. The fourth-order valence-electron chi connectivity index (χ4n) is 1.36. The maximum Gasteiger partial charge on any atom is 0.00639 e. The van der Waals surface area contributed by atoms with Crippen LogP contribution in [0.25, 0.3) is 0 Å². The van der Waals surface area contributed by atoms with Crippen LogP contribution in [0.4, 0.5) is 0 Å². The molecule has 0 amide bonds. The highest BCUT2D eigenvalue weighted by Gasteiger charge is 2.08. The van der Waals surface area contributed by atoms with Gasteiger partial charge in [-0.3, -0.25) is 0 Å². The van der Waals surface area contributed by atoms with Crippen LogP contribution in [0.2, 0.25) is 0 Å². The molecule has 13 heavy (non-hydrogen) atoms. The van der Waals surface area contributed by atoms with E-state index in [-0.39, 0.29) is 0 Å². The zero-order chi connectivity index (χ0) is 10.3. The van der Waals surface area contributed by atoms with Crippen LogP contribution in [0, 0.1) is 5.92 Å². The maximum absolute atomic E-state index is 5.47. The van der Waals surface area contributed by atoms with Crippen molar-refractivity contribution in [2.75, 3.05) is 20.1 Å². The van der Waals surface area contributed by atoms with Gasteiger partial charge in [0.25, 0.3) is 0 Å². The van der Waals surface area contributed by atoms with Gasteiger partial charge in [0.05, 0.1) is 0 Å². The van der Waals surface area contributed by atoms with Gasteiger partial charge in [0.1, 0.15) is 0 Å². The quantitative estimate of drug-likeness (QED) is 0.659. The molecule has 2 heteroatoms. The Morgan fingerprint density at radius 3 is 2.23 bits per heavy atom. The molecule has 0 aliphatic carbocycles. The average molecular weight is 186 g/mol. The van der Waals surface area contributed by atoms with Crippen molar-refractivity contribution in [3.05, 3.63) is 0 Å². The summed E-state index contributed by atoms with van der Waals surface area (Å²) in [5.74, 6) is 0.824. The van der Waals surface area contributed by atoms with Crippen LogP contribution in [0.1, 0.15) is 40.0 Å². The van der Waals surface area contributed by atoms with Crippen LogP contribution in [0.15, 0.2) is 0 Å². The molecule has 0 aliphatic rings. The summed E-state index contributed by atoms with van der Waals surface area (Å²) < 4.78 is 0. The first-order valence-corrected chi connectivity index (χ1v) is 5.48. The second-order valence-corrected chi connectivity index (χ2v) is 4.44. The molecule has 0 aliphatic heterocycles. The lowest BCUT2D eigenvalue weighted by molar-refractivity contribution is 0.235. The smallest absolute Gasteiger partial charge is 0.00639 e. The van der Waals surface area contributed by atoms with Crippen molar-refractivity contribution in [3.63, 3.8) is 0 Å². The van der Waals surface area contributed by atoms with Crippen molar-refractivity contribution in [1.29, 1.82) is 0 Å². The molecule has 2 N–H and O–H groups in total. The largest absolute Gasteiger partial charge is 0.330 e. The molecule has 80 valence electrons. The molecule has 0 saturated carbocycles. The fourth-order valence-corrected chi connectivity index (χ4v) is 1.36. The van der Waals surface area contributed by atoms with Gasteiger partial charge in [0.2, 0.25) is 0 Å². The van der Waals surface area contributed by atoms with Crippen molar-refractivity contribution in [1.82, 2.24) is 4.90 Å². The van der Waals surface area contributed by atoms with Gasteiger partial charge in [0, 0.05) is 6.04 Å². The standard InChI is InChI=1S/C11H26N2/c1-10(2)6-7-11(3)13(4)9-5-8-12/h10-11H,5-9,12H2,1-4H3. The van der Waals surface area contributed by atoms with Crippen LogP contribution in [0.5, 0.6) is 0 Å². The fraction of sp³-hybridized carbons (Fsp3) is 1.00. The molecular formula is C11H26N2. The Morgan fingerprint density at radius 2 is 1.77 bits per heavy atom. The highest BCUT2D eigenvalue weighted by atomic mass is 15.1. The zero-order valence-corrected chi connectivity index (χ0v) is 9.71. The first-order chi connectivity index (χ1) is 6.07. The molecule has 0 aromatic heterocycles. The Balaban J connectivity index is 3.50. The van der Waals surface area contributed by atoms with Gasteiger partial charge in [-0.05, 0) is 52.2 Å². The summed E-state index contributed by atoms with van der Waals surface area (Å²) in [4.78, 5) is 2.41. The lowest BCUT2D eigenvalue weighted by Crippen LogP contribution is -2.31. The van der Waals surface area contributed by atoms with E-state index in [0.717, 1.165) is 25.4 Å². The predicted octanol–water partition coefficient (Wildman–Crippen LogP) is 2.09. The molecule has 2 nitrogen and oxygen atoms in total. The molecular weight excluding hydrogens is 160 g/mol. The van der Waals surface area contributed by atoms with Crippen LogP contribution < -0.4 is 5.73 Å². The van der Waals surface area contributed by atoms with E-state index in [2.05, 4.69) is 32.7 Å². The van der Waals surface area contributed by atoms with Crippen LogP contribution in [-0.2, 0) is 0 Å². The van der Waals surface area contributed by atoms with Crippen molar-refractivity contribution in [2.24, 2.45) is 11.7 Å². The van der Waals surface area contributed by atoms with E-state index < -0.39 is 0 Å². The monoisotopic (exact) mass is 186 g/mol. The minimum Gasteiger partial charge on any atom is -0.330 e. The van der Waals surface area contributed by atoms with E-state index in [1.807, 2.05) is 0 Å². The number of hydrogen-bond acceptors (Lipinski definition) is 2. The summed E-state index contributed by atoms with van der Waals surface area (Å²) in [5.41, 5.74) is 5.47. The highest BCUT2D eigenvalue weighted by Crippen LogP contribution is 2.10. The van der Waals surface area contributed by atoms with E-state index in [0.29, 0.717) is 6.04 Å². The molecule has 0 radical (unpaired) electrons. The Labute approximate surface area is 83.5 Å². The Hall–Kier alpha value is -0.0800. The summed E-state index contributed by atoms with van der Waals surface area (Å²) in [7, 11) is 2.20. The van der Waals surface area contributed by atoms with Gasteiger partial charge < -0.3 is 10.6 Å². The SMILES string of the molecule is CC(C)CCC(C)N(C)CCCN. The van der Waals surface area contributed by atoms with Crippen LogP contribution in [-0.4, -0.2) is 31.1 Å². The lowest BCUT2D eigenvalue weighted by atomic mass is 10.0. The molecule has 1 unspecified atom stereocenters. The molecule has 0 heterocycles. The first kappa shape index (κ1) is 12.9. The zero-order valence-electron chi connectivity index (χ0n) is 9.71.